The summed E-state index contributed by atoms with van der Waals surface area (Å²) in [7, 11) is 0. The van der Waals surface area contributed by atoms with Crippen LogP contribution in [0.4, 0.5) is 0 Å². The van der Waals surface area contributed by atoms with Crippen LogP contribution in [0, 0.1) is 0 Å². The van der Waals surface area contributed by atoms with Crippen LogP contribution in [0.1, 0.15) is 21.9 Å². The van der Waals surface area contributed by atoms with E-state index in [0.717, 1.165) is 10.2 Å². The van der Waals surface area contributed by atoms with Crippen LogP contribution in [0.25, 0.3) is 6.08 Å². The molecule has 0 amide bonds. The summed E-state index contributed by atoms with van der Waals surface area (Å²) in [6.45, 7) is 0.289. The van der Waals surface area contributed by atoms with E-state index in [1.165, 1.54) is 18.2 Å². The number of ether oxygens (including phenoxy) is 1. The van der Waals surface area contributed by atoms with Crippen molar-refractivity contribution >= 4 is 27.8 Å². The van der Waals surface area contributed by atoms with Crippen molar-refractivity contribution in [1.82, 2.24) is 0 Å². The highest BCUT2D eigenvalue weighted by Gasteiger charge is 2.05. The number of phenols is 1. The molecule has 0 atom stereocenters. The van der Waals surface area contributed by atoms with Gasteiger partial charge < -0.3 is 14.3 Å². The van der Waals surface area contributed by atoms with E-state index in [0.29, 0.717) is 17.1 Å². The van der Waals surface area contributed by atoms with Crippen LogP contribution in [-0.2, 0) is 6.61 Å². The second-order valence-electron chi connectivity index (χ2n) is 5.27. The molecule has 0 radical (unpaired) electrons. The van der Waals surface area contributed by atoms with Crippen LogP contribution in [-0.4, -0.2) is 10.9 Å². The molecule has 0 aliphatic rings. The van der Waals surface area contributed by atoms with E-state index in [4.69, 9.17) is 9.15 Å². The second-order valence-corrected chi connectivity index (χ2v) is 6.13. The number of hydrogen-bond donors (Lipinski definition) is 1. The Hall–Kier alpha value is -2.79. The summed E-state index contributed by atoms with van der Waals surface area (Å²) >= 11 is 3.42. The Labute approximate surface area is 153 Å². The van der Waals surface area contributed by atoms with Crippen molar-refractivity contribution in [3.05, 3.63) is 88.3 Å². The molecule has 0 aliphatic carbocycles. The summed E-state index contributed by atoms with van der Waals surface area (Å²) in [5.41, 5.74) is 0.417. The predicted molar refractivity (Wildman–Crippen MR) is 98.7 cm³/mol. The van der Waals surface area contributed by atoms with E-state index in [9.17, 15) is 9.90 Å². The number of para-hydroxylation sites is 1. The van der Waals surface area contributed by atoms with Gasteiger partial charge in [0.05, 0.1) is 4.47 Å². The van der Waals surface area contributed by atoms with E-state index in [2.05, 4.69) is 15.9 Å². The average molecular weight is 399 g/mol. The highest BCUT2D eigenvalue weighted by atomic mass is 79.9. The lowest BCUT2D eigenvalue weighted by Crippen LogP contribution is -1.94. The first-order chi connectivity index (χ1) is 12.1. The minimum Gasteiger partial charge on any atom is -0.508 e. The zero-order valence-corrected chi connectivity index (χ0v) is 14.8. The highest BCUT2D eigenvalue weighted by Crippen LogP contribution is 2.25. The lowest BCUT2D eigenvalue weighted by Gasteiger charge is -2.05. The summed E-state index contributed by atoms with van der Waals surface area (Å²) in [5.74, 6) is 1.79. The van der Waals surface area contributed by atoms with Gasteiger partial charge in [-0.05, 0) is 64.5 Å². The summed E-state index contributed by atoms with van der Waals surface area (Å²) in [6, 6.07) is 17.3. The number of rotatable bonds is 6. The molecule has 3 aromatic rings. The maximum Gasteiger partial charge on any atom is 0.186 e. The van der Waals surface area contributed by atoms with E-state index in [1.54, 1.807) is 30.3 Å². The van der Waals surface area contributed by atoms with Crippen LogP contribution in [0.2, 0.25) is 0 Å². The van der Waals surface area contributed by atoms with Crippen molar-refractivity contribution < 1.29 is 19.1 Å². The van der Waals surface area contributed by atoms with Gasteiger partial charge in [-0.2, -0.15) is 0 Å². The Balaban J connectivity index is 1.61. The number of allylic oxidation sites excluding steroid dienone is 1. The Morgan fingerprint density at radius 1 is 1.12 bits per heavy atom. The Bertz CT molecular complexity index is 911. The van der Waals surface area contributed by atoms with E-state index < -0.39 is 0 Å². The number of furan rings is 1. The molecule has 1 heterocycles. The van der Waals surface area contributed by atoms with E-state index >= 15 is 0 Å². The molecule has 1 N–H and O–H groups in total. The maximum absolute atomic E-state index is 12.1. The average Bonchev–Trinajstić information content (AvgIpc) is 3.07. The van der Waals surface area contributed by atoms with E-state index in [-0.39, 0.29) is 18.1 Å². The number of ketones is 1. The molecule has 0 aliphatic heterocycles. The van der Waals surface area contributed by atoms with Gasteiger partial charge >= 0.3 is 0 Å². The molecule has 0 spiro atoms. The number of carbonyl (C=O) groups excluding carboxylic acids is 1. The number of hydrogen-bond acceptors (Lipinski definition) is 4. The normalized spacial score (nSPS) is 10.9. The fourth-order valence-corrected chi connectivity index (χ4v) is 2.58. The third-order valence-electron chi connectivity index (χ3n) is 3.42. The van der Waals surface area contributed by atoms with Crippen LogP contribution in [0.15, 0.2) is 75.6 Å². The number of phenolic OH excluding ortho intramolecular Hbond substituents is 1. The van der Waals surface area contributed by atoms with Crippen molar-refractivity contribution in [2.75, 3.05) is 0 Å². The first-order valence-electron chi connectivity index (χ1n) is 7.59. The van der Waals surface area contributed by atoms with Crippen molar-refractivity contribution in [1.29, 1.82) is 0 Å². The second kappa shape index (κ2) is 7.85. The van der Waals surface area contributed by atoms with Crippen LogP contribution in [0.3, 0.4) is 0 Å². The topological polar surface area (TPSA) is 59.7 Å². The minimum atomic E-state index is -0.210. The first kappa shape index (κ1) is 17.0. The van der Waals surface area contributed by atoms with Crippen LogP contribution < -0.4 is 4.74 Å². The first-order valence-corrected chi connectivity index (χ1v) is 8.38. The molecule has 1 aromatic heterocycles. The molecule has 3 rings (SSSR count). The summed E-state index contributed by atoms with van der Waals surface area (Å²) in [5, 5.41) is 9.41. The third kappa shape index (κ3) is 4.61. The van der Waals surface area contributed by atoms with Gasteiger partial charge in [-0.3, -0.25) is 4.79 Å². The zero-order valence-electron chi connectivity index (χ0n) is 13.2. The fourth-order valence-electron chi connectivity index (χ4n) is 2.19. The lowest BCUT2D eigenvalue weighted by atomic mass is 10.1. The van der Waals surface area contributed by atoms with Gasteiger partial charge in [-0.15, -0.1) is 0 Å². The van der Waals surface area contributed by atoms with Crippen molar-refractivity contribution in [2.24, 2.45) is 0 Å². The molecule has 5 heteroatoms. The third-order valence-corrected chi connectivity index (χ3v) is 4.07. The number of aromatic hydroxyl groups is 1. The standard InChI is InChI=1S/C20H15BrO4/c21-18-6-1-2-7-20(18)24-13-17-9-8-16(25-17)10-11-19(23)14-4-3-5-15(22)12-14/h1-12,22H,13H2/b11-10+. The Kier molecular flexibility index (Phi) is 5.36. The molecule has 0 unspecified atom stereocenters. The van der Waals surface area contributed by atoms with Gasteiger partial charge in [0.2, 0.25) is 0 Å². The van der Waals surface area contributed by atoms with Gasteiger partial charge in [0, 0.05) is 5.56 Å². The molecule has 126 valence electrons. The lowest BCUT2D eigenvalue weighted by molar-refractivity contribution is 0.104. The molecule has 0 saturated heterocycles. The SMILES string of the molecule is O=C(/C=C/c1ccc(COc2ccccc2Br)o1)c1cccc(O)c1. The van der Waals surface area contributed by atoms with Gasteiger partial charge in [-0.25, -0.2) is 0 Å². The zero-order chi connectivity index (χ0) is 17.6. The molecule has 25 heavy (non-hydrogen) atoms. The molecule has 0 fully saturated rings. The minimum absolute atomic E-state index is 0.0590. The largest absolute Gasteiger partial charge is 0.508 e. The number of halogens is 1. The smallest absolute Gasteiger partial charge is 0.186 e. The number of benzene rings is 2. The summed E-state index contributed by atoms with van der Waals surface area (Å²) < 4.78 is 12.2. The maximum atomic E-state index is 12.1. The Morgan fingerprint density at radius 2 is 1.96 bits per heavy atom. The predicted octanol–water partition coefficient (Wildman–Crippen LogP) is 5.22. The Morgan fingerprint density at radius 3 is 2.76 bits per heavy atom. The molecule has 2 aromatic carbocycles. The van der Waals surface area contributed by atoms with Crippen molar-refractivity contribution in [3.63, 3.8) is 0 Å². The van der Waals surface area contributed by atoms with Crippen LogP contribution in [0.5, 0.6) is 11.5 Å². The molecular weight excluding hydrogens is 384 g/mol. The molecule has 0 saturated carbocycles. The quantitative estimate of drug-likeness (QED) is 0.456. The van der Waals surface area contributed by atoms with Crippen molar-refractivity contribution in [3.8, 4) is 11.5 Å². The van der Waals surface area contributed by atoms with Crippen molar-refractivity contribution in [2.45, 2.75) is 6.61 Å². The fraction of sp³-hybridized carbons (Fsp3) is 0.0500. The monoisotopic (exact) mass is 398 g/mol. The van der Waals surface area contributed by atoms with Gasteiger partial charge in [-0.1, -0.05) is 24.3 Å². The van der Waals surface area contributed by atoms with Gasteiger partial charge in [0.25, 0.3) is 0 Å². The number of carbonyl (C=O) groups is 1. The van der Waals surface area contributed by atoms with Gasteiger partial charge in [0.15, 0.2) is 5.78 Å². The molecule has 0 bridgehead atoms. The van der Waals surface area contributed by atoms with Crippen LogP contribution >= 0.6 is 15.9 Å². The molecule has 4 nitrogen and oxygen atoms in total. The van der Waals surface area contributed by atoms with E-state index in [1.807, 2.05) is 24.3 Å². The summed E-state index contributed by atoms with van der Waals surface area (Å²) in [4.78, 5) is 12.1. The highest BCUT2D eigenvalue weighted by molar-refractivity contribution is 9.10. The molecular formula is C20H15BrO4. The van der Waals surface area contributed by atoms with Gasteiger partial charge in [0.1, 0.15) is 29.6 Å². The summed E-state index contributed by atoms with van der Waals surface area (Å²) in [6.07, 6.45) is 3.00.